The topological polar surface area (TPSA) is 90.7 Å². The Labute approximate surface area is 231 Å². The molecule has 2 aromatic heterocycles. The second kappa shape index (κ2) is 10.3. The zero-order chi connectivity index (χ0) is 27.7. The van der Waals surface area contributed by atoms with Crippen LogP contribution in [0.2, 0.25) is 0 Å². The monoisotopic (exact) mass is 532 g/mol. The van der Waals surface area contributed by atoms with E-state index in [9.17, 15) is 9.59 Å². The summed E-state index contributed by atoms with van der Waals surface area (Å²) in [6, 6.07) is 29.3. The lowest BCUT2D eigenvalue weighted by Gasteiger charge is -2.14. The largest absolute Gasteiger partial charge is 0.456 e. The number of furan rings is 1. The molecule has 0 aliphatic heterocycles. The normalized spacial score (nSPS) is 14.3. The maximum absolute atomic E-state index is 12.9. The number of amides is 1. The summed E-state index contributed by atoms with van der Waals surface area (Å²) < 4.78 is 17.1. The van der Waals surface area contributed by atoms with Crippen molar-refractivity contribution in [2.45, 2.75) is 38.4 Å². The number of rotatable bonds is 8. The standard InChI is InChI=1S/C33H28N2O5/c1-21-8-17-28-29(35-32(37)39-22(2)23-6-4-3-5-7-23)30(40-31(28)34-21)26-11-9-24(10-12-26)25-13-15-27(16-14-25)33(18-19-33)38-20-36/h3-17,20,22H,18-19H2,1-2H3,(H,35,37)/t22-/m1/s1. The van der Waals surface area contributed by atoms with Gasteiger partial charge in [0.15, 0.2) is 5.76 Å². The molecule has 1 N–H and O–H groups in total. The van der Waals surface area contributed by atoms with Crippen LogP contribution >= 0.6 is 0 Å². The average molecular weight is 533 g/mol. The van der Waals surface area contributed by atoms with Gasteiger partial charge in [0.05, 0.1) is 5.39 Å². The molecule has 1 fully saturated rings. The van der Waals surface area contributed by atoms with Crippen molar-refractivity contribution < 1.29 is 23.5 Å². The van der Waals surface area contributed by atoms with Crippen molar-refractivity contribution in [3.8, 4) is 22.5 Å². The number of aromatic nitrogens is 1. The first-order valence-electron chi connectivity index (χ1n) is 13.2. The highest BCUT2D eigenvalue weighted by atomic mass is 16.6. The van der Waals surface area contributed by atoms with Crippen molar-refractivity contribution in [3.63, 3.8) is 0 Å². The van der Waals surface area contributed by atoms with Crippen molar-refractivity contribution in [2.24, 2.45) is 0 Å². The first-order valence-corrected chi connectivity index (χ1v) is 13.2. The lowest BCUT2D eigenvalue weighted by Crippen LogP contribution is -2.16. The summed E-state index contributed by atoms with van der Waals surface area (Å²) in [4.78, 5) is 28.3. The summed E-state index contributed by atoms with van der Waals surface area (Å²) in [6.07, 6.45) is 0.694. The fourth-order valence-corrected chi connectivity index (χ4v) is 4.94. The van der Waals surface area contributed by atoms with Crippen molar-refractivity contribution in [2.75, 3.05) is 5.32 Å². The first-order chi connectivity index (χ1) is 19.5. The Hall–Kier alpha value is -4.91. The van der Waals surface area contributed by atoms with Gasteiger partial charge in [-0.15, -0.1) is 0 Å². The van der Waals surface area contributed by atoms with E-state index in [0.717, 1.165) is 46.4 Å². The van der Waals surface area contributed by atoms with Crippen LogP contribution in [0.15, 0.2) is 95.4 Å². The van der Waals surface area contributed by atoms with Crippen LogP contribution in [0.4, 0.5) is 10.5 Å². The van der Waals surface area contributed by atoms with Gasteiger partial charge in [0.25, 0.3) is 6.47 Å². The SMILES string of the molecule is Cc1ccc2c(NC(=O)O[C@H](C)c3ccccc3)c(-c3ccc(-c4ccc(C5(OC=O)CC5)cc4)cc3)oc2n1. The number of pyridine rings is 1. The number of nitrogens with one attached hydrogen (secondary N) is 1. The highest BCUT2D eigenvalue weighted by Gasteiger charge is 2.46. The van der Waals surface area contributed by atoms with Crippen molar-refractivity contribution in [1.82, 2.24) is 4.98 Å². The minimum absolute atomic E-state index is 0.423. The molecule has 5 aromatic rings. The van der Waals surface area contributed by atoms with E-state index in [0.29, 0.717) is 29.0 Å². The number of benzene rings is 3. The molecule has 1 aliphatic carbocycles. The number of fused-ring (bicyclic) bond motifs is 1. The van der Waals surface area contributed by atoms with Gasteiger partial charge in [0, 0.05) is 11.3 Å². The second-order valence-corrected chi connectivity index (χ2v) is 10.1. The molecule has 0 spiro atoms. The maximum Gasteiger partial charge on any atom is 0.412 e. The molecular weight excluding hydrogens is 504 g/mol. The van der Waals surface area contributed by atoms with Crippen LogP contribution in [0.25, 0.3) is 33.6 Å². The molecule has 6 rings (SSSR count). The van der Waals surface area contributed by atoms with Gasteiger partial charge >= 0.3 is 6.09 Å². The summed E-state index contributed by atoms with van der Waals surface area (Å²) in [5.74, 6) is 0.501. The summed E-state index contributed by atoms with van der Waals surface area (Å²) in [5, 5.41) is 3.59. The van der Waals surface area contributed by atoms with E-state index >= 15 is 0 Å². The third-order valence-corrected chi connectivity index (χ3v) is 7.34. The number of hydrogen-bond donors (Lipinski definition) is 1. The summed E-state index contributed by atoms with van der Waals surface area (Å²) in [6.45, 7) is 4.25. The third kappa shape index (κ3) is 4.94. The van der Waals surface area contributed by atoms with E-state index in [1.165, 1.54) is 0 Å². The van der Waals surface area contributed by atoms with E-state index in [2.05, 4.69) is 10.3 Å². The lowest BCUT2D eigenvalue weighted by molar-refractivity contribution is -0.136. The predicted molar refractivity (Wildman–Crippen MR) is 153 cm³/mol. The van der Waals surface area contributed by atoms with Gasteiger partial charge in [0.2, 0.25) is 5.71 Å². The fourth-order valence-electron chi connectivity index (χ4n) is 4.94. The van der Waals surface area contributed by atoms with Gasteiger partial charge < -0.3 is 13.9 Å². The van der Waals surface area contributed by atoms with Gasteiger partial charge in [-0.2, -0.15) is 0 Å². The van der Waals surface area contributed by atoms with Gasteiger partial charge in [-0.25, -0.2) is 9.78 Å². The predicted octanol–water partition coefficient (Wildman–Crippen LogP) is 7.94. The van der Waals surface area contributed by atoms with Crippen LogP contribution in [0.3, 0.4) is 0 Å². The average Bonchev–Trinajstić information content (AvgIpc) is 3.68. The van der Waals surface area contributed by atoms with Crippen LogP contribution in [0.5, 0.6) is 0 Å². The fraction of sp³-hybridized carbons (Fsp3) is 0.182. The van der Waals surface area contributed by atoms with E-state index in [-0.39, 0.29) is 0 Å². The van der Waals surface area contributed by atoms with Crippen molar-refractivity contribution >= 4 is 29.4 Å². The molecule has 200 valence electrons. The molecule has 1 saturated carbocycles. The van der Waals surface area contributed by atoms with E-state index < -0.39 is 17.8 Å². The maximum atomic E-state index is 12.9. The first kappa shape index (κ1) is 25.4. The van der Waals surface area contributed by atoms with E-state index in [1.807, 2.05) is 105 Å². The van der Waals surface area contributed by atoms with Gasteiger partial charge in [-0.05, 0) is 61.1 Å². The zero-order valence-corrected chi connectivity index (χ0v) is 22.2. The molecule has 1 aliphatic rings. The number of hydrogen-bond acceptors (Lipinski definition) is 6. The minimum atomic E-state index is -0.579. The van der Waals surface area contributed by atoms with Crippen LogP contribution in [-0.4, -0.2) is 17.5 Å². The summed E-state index contributed by atoms with van der Waals surface area (Å²) in [5.41, 5.74) is 6.06. The molecule has 3 aromatic carbocycles. The molecule has 0 bridgehead atoms. The number of carbonyl (C=O) groups excluding carboxylic acids is 2. The Morgan fingerprint density at radius 3 is 2.23 bits per heavy atom. The molecule has 0 unspecified atom stereocenters. The number of carbonyl (C=O) groups is 2. The number of aryl methyl sites for hydroxylation is 1. The minimum Gasteiger partial charge on any atom is -0.456 e. The molecule has 2 heterocycles. The Balaban J connectivity index is 1.27. The summed E-state index contributed by atoms with van der Waals surface area (Å²) >= 11 is 0. The van der Waals surface area contributed by atoms with E-state index in [4.69, 9.17) is 13.9 Å². The van der Waals surface area contributed by atoms with Crippen molar-refractivity contribution in [3.05, 3.63) is 108 Å². The highest BCUT2D eigenvalue weighted by Crippen LogP contribution is 2.49. The molecule has 7 nitrogen and oxygen atoms in total. The Kier molecular flexibility index (Phi) is 6.56. The zero-order valence-electron chi connectivity index (χ0n) is 22.2. The molecule has 0 saturated heterocycles. The van der Waals surface area contributed by atoms with Gasteiger partial charge in [0.1, 0.15) is 17.4 Å². The lowest BCUT2D eigenvalue weighted by atomic mass is 9.99. The molecule has 1 atom stereocenters. The Morgan fingerprint density at radius 2 is 1.57 bits per heavy atom. The van der Waals surface area contributed by atoms with E-state index in [1.54, 1.807) is 0 Å². The Morgan fingerprint density at radius 1 is 0.925 bits per heavy atom. The Bertz CT molecular complexity index is 1670. The highest BCUT2D eigenvalue weighted by molar-refractivity contribution is 6.04. The molecule has 1 amide bonds. The number of ether oxygens (including phenoxy) is 2. The number of nitrogens with zero attached hydrogens (tertiary/aromatic N) is 1. The third-order valence-electron chi connectivity index (χ3n) is 7.34. The molecular formula is C33H28N2O5. The van der Waals surface area contributed by atoms with Crippen LogP contribution in [-0.2, 0) is 19.9 Å². The van der Waals surface area contributed by atoms with Crippen LogP contribution < -0.4 is 5.32 Å². The molecule has 0 radical (unpaired) electrons. The molecule has 7 heteroatoms. The van der Waals surface area contributed by atoms with Crippen LogP contribution in [0, 0.1) is 6.92 Å². The smallest absolute Gasteiger partial charge is 0.412 e. The summed E-state index contributed by atoms with van der Waals surface area (Å²) in [7, 11) is 0. The second-order valence-electron chi connectivity index (χ2n) is 10.1. The van der Waals surface area contributed by atoms with Gasteiger partial charge in [-0.1, -0.05) is 78.9 Å². The molecule has 40 heavy (non-hydrogen) atoms. The van der Waals surface area contributed by atoms with Gasteiger partial charge in [-0.3, -0.25) is 10.1 Å². The quantitative estimate of drug-likeness (QED) is 0.204. The van der Waals surface area contributed by atoms with Crippen LogP contribution in [0.1, 0.15) is 42.7 Å². The van der Waals surface area contributed by atoms with Crippen molar-refractivity contribution in [1.29, 1.82) is 0 Å². The number of anilines is 1.